The first-order valence-electron chi connectivity index (χ1n) is 6.89. The Balaban J connectivity index is 2.67. The first-order valence-corrected chi connectivity index (χ1v) is 6.89. The zero-order chi connectivity index (χ0) is 13.8. The first kappa shape index (κ1) is 15.0. The van der Waals surface area contributed by atoms with Gasteiger partial charge in [0.25, 0.3) is 0 Å². The van der Waals surface area contributed by atoms with E-state index in [2.05, 4.69) is 13.8 Å². The number of carboxylic acids is 1. The molecule has 0 saturated heterocycles. The third kappa shape index (κ3) is 3.72. The molecule has 1 unspecified atom stereocenters. The fraction of sp³-hybridized carbons (Fsp3) is 0.857. The highest BCUT2D eigenvalue weighted by atomic mass is 16.4. The van der Waals surface area contributed by atoms with Crippen molar-refractivity contribution in [1.82, 2.24) is 4.90 Å². The maximum atomic E-state index is 12.5. The Kier molecular flexibility index (Phi) is 5.17. The van der Waals surface area contributed by atoms with Crippen LogP contribution in [0.25, 0.3) is 0 Å². The van der Waals surface area contributed by atoms with Crippen molar-refractivity contribution in [1.29, 1.82) is 0 Å². The molecule has 104 valence electrons. The van der Waals surface area contributed by atoms with Gasteiger partial charge >= 0.3 is 5.97 Å². The highest BCUT2D eigenvalue weighted by molar-refractivity contribution is 5.80. The largest absolute Gasteiger partial charge is 0.481 e. The molecule has 0 radical (unpaired) electrons. The van der Waals surface area contributed by atoms with Gasteiger partial charge in [0.05, 0.1) is 6.42 Å². The lowest BCUT2D eigenvalue weighted by Crippen LogP contribution is -2.44. The molecule has 18 heavy (non-hydrogen) atoms. The van der Waals surface area contributed by atoms with Gasteiger partial charge in [-0.1, -0.05) is 26.7 Å². The molecule has 0 aromatic heterocycles. The Labute approximate surface area is 109 Å². The predicted molar refractivity (Wildman–Crippen MR) is 70.2 cm³/mol. The van der Waals surface area contributed by atoms with Crippen molar-refractivity contribution in [2.75, 3.05) is 13.1 Å². The van der Waals surface area contributed by atoms with E-state index in [-0.39, 0.29) is 23.7 Å². The standard InChI is InChI=1S/C14H25NO3/c1-4-15(10-8-12(16)17)13(18)11-7-5-6-9-14(11,2)3/h11H,4-10H2,1-3H3,(H,16,17). The average Bonchev–Trinajstić information content (AvgIpc) is 2.28. The number of carbonyl (C=O) groups is 2. The molecule has 1 N–H and O–H groups in total. The van der Waals surface area contributed by atoms with Gasteiger partial charge in [-0.05, 0) is 25.2 Å². The summed E-state index contributed by atoms with van der Waals surface area (Å²) < 4.78 is 0. The summed E-state index contributed by atoms with van der Waals surface area (Å²) in [6.07, 6.45) is 4.36. The molecule has 0 spiro atoms. The van der Waals surface area contributed by atoms with Crippen molar-refractivity contribution < 1.29 is 14.7 Å². The van der Waals surface area contributed by atoms with Crippen LogP contribution in [0.15, 0.2) is 0 Å². The van der Waals surface area contributed by atoms with Gasteiger partial charge in [0.2, 0.25) is 5.91 Å². The van der Waals surface area contributed by atoms with Crippen molar-refractivity contribution >= 4 is 11.9 Å². The molecule has 0 heterocycles. The van der Waals surface area contributed by atoms with Crippen LogP contribution >= 0.6 is 0 Å². The highest BCUT2D eigenvalue weighted by Crippen LogP contribution is 2.41. The van der Waals surface area contributed by atoms with E-state index in [1.165, 1.54) is 6.42 Å². The van der Waals surface area contributed by atoms with Gasteiger partial charge in [0.1, 0.15) is 0 Å². The molecule has 0 aromatic rings. The summed E-state index contributed by atoms with van der Waals surface area (Å²) in [7, 11) is 0. The zero-order valence-corrected chi connectivity index (χ0v) is 11.7. The van der Waals surface area contributed by atoms with Crippen molar-refractivity contribution in [3.8, 4) is 0 Å². The molecule has 1 amide bonds. The number of rotatable bonds is 5. The number of hydrogen-bond donors (Lipinski definition) is 1. The van der Waals surface area contributed by atoms with Crippen LogP contribution < -0.4 is 0 Å². The summed E-state index contributed by atoms with van der Waals surface area (Å²) in [5.41, 5.74) is 0.0476. The zero-order valence-electron chi connectivity index (χ0n) is 11.7. The number of carboxylic acid groups (broad SMARTS) is 1. The van der Waals surface area contributed by atoms with Crippen LogP contribution in [0.3, 0.4) is 0 Å². The van der Waals surface area contributed by atoms with Crippen LogP contribution in [0.4, 0.5) is 0 Å². The minimum absolute atomic E-state index is 0.0345. The third-order valence-corrected chi connectivity index (χ3v) is 4.09. The van der Waals surface area contributed by atoms with E-state index >= 15 is 0 Å². The molecule has 1 saturated carbocycles. The number of carbonyl (C=O) groups excluding carboxylic acids is 1. The lowest BCUT2D eigenvalue weighted by atomic mass is 9.68. The van der Waals surface area contributed by atoms with Gasteiger partial charge in [-0.15, -0.1) is 0 Å². The van der Waals surface area contributed by atoms with Crippen LogP contribution in [-0.4, -0.2) is 35.0 Å². The number of amides is 1. The Morgan fingerprint density at radius 3 is 2.50 bits per heavy atom. The summed E-state index contributed by atoms with van der Waals surface area (Å²) in [5, 5.41) is 8.71. The van der Waals surface area contributed by atoms with Crippen molar-refractivity contribution in [3.63, 3.8) is 0 Å². The molecule has 1 aliphatic rings. The van der Waals surface area contributed by atoms with E-state index in [4.69, 9.17) is 5.11 Å². The first-order chi connectivity index (χ1) is 8.38. The lowest BCUT2D eigenvalue weighted by Gasteiger charge is -2.40. The Bertz CT molecular complexity index is 312. The smallest absolute Gasteiger partial charge is 0.305 e. The van der Waals surface area contributed by atoms with Crippen LogP contribution in [0.5, 0.6) is 0 Å². The molecule has 4 heteroatoms. The topological polar surface area (TPSA) is 57.6 Å². The van der Waals surface area contributed by atoms with Crippen LogP contribution in [0, 0.1) is 11.3 Å². The maximum Gasteiger partial charge on any atom is 0.305 e. The number of nitrogens with zero attached hydrogens (tertiary/aromatic N) is 1. The second kappa shape index (κ2) is 6.21. The molecule has 0 aromatic carbocycles. The average molecular weight is 255 g/mol. The van der Waals surface area contributed by atoms with Crippen LogP contribution in [0.2, 0.25) is 0 Å². The van der Waals surface area contributed by atoms with Crippen molar-refractivity contribution in [2.45, 2.75) is 52.9 Å². The molecule has 0 aliphatic heterocycles. The summed E-state index contributed by atoms with van der Waals surface area (Å²) in [5.74, 6) is -0.646. The quantitative estimate of drug-likeness (QED) is 0.821. The maximum absolute atomic E-state index is 12.5. The SMILES string of the molecule is CCN(CCC(=O)O)C(=O)C1CCCCC1(C)C. The van der Waals surface area contributed by atoms with Crippen LogP contribution in [-0.2, 0) is 9.59 Å². The molecule has 1 atom stereocenters. The normalized spacial score (nSPS) is 22.5. The van der Waals surface area contributed by atoms with Crippen LogP contribution in [0.1, 0.15) is 52.9 Å². The van der Waals surface area contributed by atoms with E-state index in [9.17, 15) is 9.59 Å². The minimum Gasteiger partial charge on any atom is -0.481 e. The van der Waals surface area contributed by atoms with Gasteiger partial charge in [0, 0.05) is 19.0 Å². The fourth-order valence-electron chi connectivity index (χ4n) is 2.83. The van der Waals surface area contributed by atoms with Crippen molar-refractivity contribution in [3.05, 3.63) is 0 Å². The van der Waals surface area contributed by atoms with E-state index in [1.54, 1.807) is 4.90 Å². The van der Waals surface area contributed by atoms with Crippen molar-refractivity contribution in [2.24, 2.45) is 11.3 Å². The van der Waals surface area contributed by atoms with Gasteiger partial charge in [-0.25, -0.2) is 0 Å². The van der Waals surface area contributed by atoms with E-state index < -0.39 is 5.97 Å². The second-order valence-electron chi connectivity index (χ2n) is 5.85. The Morgan fingerprint density at radius 2 is 2.00 bits per heavy atom. The molecular formula is C14H25NO3. The Morgan fingerprint density at radius 1 is 1.33 bits per heavy atom. The molecule has 1 rings (SSSR count). The molecule has 1 aliphatic carbocycles. The summed E-state index contributed by atoms with van der Waals surface area (Å²) in [4.78, 5) is 24.8. The minimum atomic E-state index is -0.843. The van der Waals surface area contributed by atoms with Gasteiger partial charge < -0.3 is 10.0 Å². The van der Waals surface area contributed by atoms with Gasteiger partial charge in [0.15, 0.2) is 0 Å². The number of hydrogen-bond acceptors (Lipinski definition) is 2. The van der Waals surface area contributed by atoms with Gasteiger partial charge in [-0.3, -0.25) is 9.59 Å². The summed E-state index contributed by atoms with van der Waals surface area (Å²) in [6.45, 7) is 7.14. The van der Waals surface area contributed by atoms with E-state index in [1.807, 2.05) is 6.92 Å². The van der Waals surface area contributed by atoms with E-state index in [0.29, 0.717) is 13.1 Å². The molecular weight excluding hydrogens is 230 g/mol. The predicted octanol–water partition coefficient (Wildman–Crippen LogP) is 2.53. The molecule has 0 bridgehead atoms. The highest BCUT2D eigenvalue weighted by Gasteiger charge is 2.38. The molecule has 1 fully saturated rings. The fourth-order valence-corrected chi connectivity index (χ4v) is 2.83. The molecule has 4 nitrogen and oxygen atoms in total. The monoisotopic (exact) mass is 255 g/mol. The lowest BCUT2D eigenvalue weighted by molar-refractivity contribution is -0.142. The van der Waals surface area contributed by atoms with Gasteiger partial charge in [-0.2, -0.15) is 0 Å². The third-order valence-electron chi connectivity index (χ3n) is 4.09. The van der Waals surface area contributed by atoms with E-state index in [0.717, 1.165) is 19.3 Å². The number of aliphatic carboxylic acids is 1. The second-order valence-corrected chi connectivity index (χ2v) is 5.85. The summed E-state index contributed by atoms with van der Waals surface area (Å²) in [6, 6.07) is 0. The summed E-state index contributed by atoms with van der Waals surface area (Å²) >= 11 is 0. The Hall–Kier alpha value is -1.06.